The average molecular weight is 261 g/mol. The van der Waals surface area contributed by atoms with Crippen molar-refractivity contribution in [2.45, 2.75) is 48.0 Å². The summed E-state index contributed by atoms with van der Waals surface area (Å²) in [6.07, 6.45) is 1.15. The highest BCUT2D eigenvalue weighted by Crippen LogP contribution is 1.90. The van der Waals surface area contributed by atoms with Crippen molar-refractivity contribution in [2.75, 3.05) is 19.8 Å². The van der Waals surface area contributed by atoms with Crippen LogP contribution in [0.1, 0.15) is 48.0 Å². The standard InChI is InChI=1S/C11H19NO4.2CH4/c1-9(13)4-3-6-16-7-5-12-11(15)8-10(2)14;;/h3-8H2,1-2H3,(H,12,15);2*1H4. The Kier molecular flexibility index (Phi) is 16.9. The molecule has 0 atom stereocenters. The fourth-order valence-electron chi connectivity index (χ4n) is 1.08. The first kappa shape index (κ1) is 22.0. The van der Waals surface area contributed by atoms with E-state index in [1.54, 1.807) is 6.92 Å². The number of rotatable bonds is 9. The third-order valence-electron chi connectivity index (χ3n) is 1.80. The summed E-state index contributed by atoms with van der Waals surface area (Å²) in [4.78, 5) is 32.1. The van der Waals surface area contributed by atoms with E-state index in [4.69, 9.17) is 4.74 Å². The molecule has 0 fully saturated rings. The predicted octanol–water partition coefficient (Wildman–Crippen LogP) is 1.74. The molecule has 0 aromatic carbocycles. The summed E-state index contributed by atoms with van der Waals surface area (Å²) in [5.74, 6) is -0.280. The summed E-state index contributed by atoms with van der Waals surface area (Å²) in [5, 5.41) is 2.56. The zero-order chi connectivity index (χ0) is 12.4. The van der Waals surface area contributed by atoms with Crippen LogP contribution >= 0.6 is 0 Å². The zero-order valence-corrected chi connectivity index (χ0v) is 9.88. The molecule has 0 aromatic rings. The highest BCUT2D eigenvalue weighted by molar-refractivity contribution is 5.96. The Labute approximate surface area is 110 Å². The Morgan fingerprint density at radius 3 is 2.11 bits per heavy atom. The van der Waals surface area contributed by atoms with Crippen LogP contribution in [0, 0.1) is 0 Å². The lowest BCUT2D eigenvalue weighted by molar-refractivity contribution is -0.127. The van der Waals surface area contributed by atoms with E-state index in [9.17, 15) is 14.4 Å². The molecule has 0 saturated heterocycles. The van der Waals surface area contributed by atoms with Crippen molar-refractivity contribution in [1.29, 1.82) is 0 Å². The maximum Gasteiger partial charge on any atom is 0.227 e. The van der Waals surface area contributed by atoms with Crippen molar-refractivity contribution in [3.05, 3.63) is 0 Å². The van der Waals surface area contributed by atoms with Crippen LogP contribution in [0.25, 0.3) is 0 Å². The smallest absolute Gasteiger partial charge is 0.227 e. The maximum atomic E-state index is 11.0. The Bertz CT molecular complexity index is 251. The first-order chi connectivity index (χ1) is 7.52. The Balaban J connectivity index is -0.00000112. The molecule has 1 N–H and O–H groups in total. The molecular formula is C13H27NO4. The zero-order valence-electron chi connectivity index (χ0n) is 9.88. The van der Waals surface area contributed by atoms with Gasteiger partial charge in [-0.1, -0.05) is 14.9 Å². The molecule has 0 aliphatic heterocycles. The van der Waals surface area contributed by atoms with Crippen LogP contribution in [0.2, 0.25) is 0 Å². The van der Waals surface area contributed by atoms with E-state index in [-0.39, 0.29) is 38.7 Å². The molecule has 5 heteroatoms. The molecule has 0 radical (unpaired) electrons. The van der Waals surface area contributed by atoms with Gasteiger partial charge < -0.3 is 14.8 Å². The molecule has 0 saturated carbocycles. The minimum atomic E-state index is -0.278. The van der Waals surface area contributed by atoms with Crippen molar-refractivity contribution in [1.82, 2.24) is 5.32 Å². The van der Waals surface area contributed by atoms with E-state index in [1.165, 1.54) is 6.92 Å². The second-order valence-corrected chi connectivity index (χ2v) is 3.65. The van der Waals surface area contributed by atoms with Crippen LogP contribution < -0.4 is 5.32 Å². The first-order valence-corrected chi connectivity index (χ1v) is 5.35. The molecule has 0 aliphatic carbocycles. The molecule has 0 unspecified atom stereocenters. The molecule has 0 spiro atoms. The van der Waals surface area contributed by atoms with E-state index in [1.807, 2.05) is 0 Å². The van der Waals surface area contributed by atoms with Crippen LogP contribution in [-0.2, 0) is 19.1 Å². The highest BCUT2D eigenvalue weighted by atomic mass is 16.5. The lowest BCUT2D eigenvalue weighted by Gasteiger charge is -2.05. The van der Waals surface area contributed by atoms with Gasteiger partial charge in [0.15, 0.2) is 0 Å². The van der Waals surface area contributed by atoms with E-state index in [2.05, 4.69) is 5.32 Å². The van der Waals surface area contributed by atoms with Gasteiger partial charge in [-0.25, -0.2) is 0 Å². The number of ether oxygens (including phenoxy) is 1. The lowest BCUT2D eigenvalue weighted by Crippen LogP contribution is -2.28. The second kappa shape index (κ2) is 13.8. The summed E-state index contributed by atoms with van der Waals surface area (Å²) in [6.45, 7) is 4.23. The topological polar surface area (TPSA) is 72.5 Å². The molecule has 0 rings (SSSR count). The number of ketones is 2. The van der Waals surface area contributed by atoms with Crippen molar-refractivity contribution < 1.29 is 19.1 Å². The van der Waals surface area contributed by atoms with Gasteiger partial charge in [-0.05, 0) is 20.3 Å². The second-order valence-electron chi connectivity index (χ2n) is 3.65. The molecule has 108 valence electrons. The Morgan fingerprint density at radius 2 is 1.61 bits per heavy atom. The van der Waals surface area contributed by atoms with Crippen molar-refractivity contribution in [3.63, 3.8) is 0 Å². The fourth-order valence-corrected chi connectivity index (χ4v) is 1.08. The molecule has 18 heavy (non-hydrogen) atoms. The van der Waals surface area contributed by atoms with Crippen molar-refractivity contribution >= 4 is 17.5 Å². The monoisotopic (exact) mass is 261 g/mol. The first-order valence-electron chi connectivity index (χ1n) is 5.35. The largest absolute Gasteiger partial charge is 0.380 e. The Hall–Kier alpha value is -1.23. The van der Waals surface area contributed by atoms with E-state index < -0.39 is 0 Å². The van der Waals surface area contributed by atoms with E-state index >= 15 is 0 Å². The number of carbonyl (C=O) groups is 3. The number of carbonyl (C=O) groups excluding carboxylic acids is 3. The van der Waals surface area contributed by atoms with Gasteiger partial charge in [-0.2, -0.15) is 0 Å². The maximum absolute atomic E-state index is 11.0. The summed E-state index contributed by atoms with van der Waals surface area (Å²) < 4.78 is 5.19. The summed E-state index contributed by atoms with van der Waals surface area (Å²) in [6, 6.07) is 0. The molecule has 0 heterocycles. The van der Waals surface area contributed by atoms with Gasteiger partial charge in [0.1, 0.15) is 11.6 Å². The van der Waals surface area contributed by atoms with Crippen molar-refractivity contribution in [2.24, 2.45) is 0 Å². The van der Waals surface area contributed by atoms with E-state index in [0.29, 0.717) is 32.6 Å². The van der Waals surface area contributed by atoms with Gasteiger partial charge in [-0.3, -0.25) is 9.59 Å². The van der Waals surface area contributed by atoms with Crippen LogP contribution in [-0.4, -0.2) is 37.2 Å². The highest BCUT2D eigenvalue weighted by Gasteiger charge is 2.03. The third kappa shape index (κ3) is 17.2. The SMILES string of the molecule is C.C.CC(=O)CCCOCCNC(=O)CC(C)=O. The number of Topliss-reactive ketones (excluding diaryl/α,β-unsaturated/α-hetero) is 2. The number of hydrogen-bond acceptors (Lipinski definition) is 4. The molecule has 5 nitrogen and oxygen atoms in total. The van der Waals surface area contributed by atoms with Gasteiger partial charge >= 0.3 is 0 Å². The van der Waals surface area contributed by atoms with Gasteiger partial charge in [0.25, 0.3) is 0 Å². The number of amides is 1. The quantitative estimate of drug-likeness (QED) is 0.507. The molecule has 1 amide bonds. The third-order valence-corrected chi connectivity index (χ3v) is 1.80. The number of hydrogen-bond donors (Lipinski definition) is 1. The Morgan fingerprint density at radius 1 is 1.00 bits per heavy atom. The summed E-state index contributed by atoms with van der Waals surface area (Å²) >= 11 is 0. The van der Waals surface area contributed by atoms with Crippen molar-refractivity contribution in [3.8, 4) is 0 Å². The number of nitrogens with one attached hydrogen (secondary N) is 1. The lowest BCUT2D eigenvalue weighted by atomic mass is 10.2. The summed E-state index contributed by atoms with van der Waals surface area (Å²) in [5.41, 5.74) is 0. The average Bonchev–Trinajstić information content (AvgIpc) is 2.14. The van der Waals surface area contributed by atoms with Gasteiger partial charge in [-0.15, -0.1) is 0 Å². The van der Waals surface area contributed by atoms with E-state index in [0.717, 1.165) is 0 Å². The molecule has 0 aliphatic rings. The van der Waals surface area contributed by atoms with Gasteiger partial charge in [0.2, 0.25) is 5.91 Å². The van der Waals surface area contributed by atoms with Crippen LogP contribution in [0.3, 0.4) is 0 Å². The normalized spacial score (nSPS) is 8.78. The summed E-state index contributed by atoms with van der Waals surface area (Å²) in [7, 11) is 0. The van der Waals surface area contributed by atoms with Crippen LogP contribution in [0.5, 0.6) is 0 Å². The predicted molar refractivity (Wildman–Crippen MR) is 72.5 cm³/mol. The minimum absolute atomic E-state index is 0. The molecule has 0 aromatic heterocycles. The van der Waals surface area contributed by atoms with Crippen LogP contribution in [0.15, 0.2) is 0 Å². The molecule has 0 bridgehead atoms. The minimum Gasteiger partial charge on any atom is -0.380 e. The molecular weight excluding hydrogens is 234 g/mol. The van der Waals surface area contributed by atoms with Gasteiger partial charge in [0, 0.05) is 19.6 Å². The van der Waals surface area contributed by atoms with Crippen LogP contribution in [0.4, 0.5) is 0 Å². The fraction of sp³-hybridized carbons (Fsp3) is 0.769. The van der Waals surface area contributed by atoms with Gasteiger partial charge in [0.05, 0.1) is 13.0 Å².